The van der Waals surface area contributed by atoms with Gasteiger partial charge in [0.2, 0.25) is 0 Å². The third-order valence-corrected chi connectivity index (χ3v) is 2.32. The third-order valence-electron chi connectivity index (χ3n) is 2.32. The molecule has 0 aliphatic rings. The summed E-state index contributed by atoms with van der Waals surface area (Å²) >= 11 is 0. The summed E-state index contributed by atoms with van der Waals surface area (Å²) in [6.07, 6.45) is 1.49. The Morgan fingerprint density at radius 2 is 1.82 bits per heavy atom. The lowest BCUT2D eigenvalue weighted by Crippen LogP contribution is -1.89. The van der Waals surface area contributed by atoms with E-state index in [1.54, 1.807) is 20.3 Å². The molecule has 0 spiro atoms. The van der Waals surface area contributed by atoms with Gasteiger partial charge in [0.05, 0.1) is 20.4 Å². The predicted molar refractivity (Wildman–Crippen MR) is 61.8 cm³/mol. The second-order valence-electron chi connectivity index (χ2n) is 3.36. The molecule has 0 amide bonds. The zero-order chi connectivity index (χ0) is 12.3. The van der Waals surface area contributed by atoms with Crippen LogP contribution in [0.15, 0.2) is 24.4 Å². The molecular weight excluding hydrogens is 218 g/mol. The molecule has 2 aromatic rings. The molecule has 0 unspecified atom stereocenters. The molecule has 0 aliphatic carbocycles. The minimum atomic E-state index is 0.418. The molecule has 0 fully saturated rings. The topological polar surface area (TPSA) is 70.9 Å². The number of benzene rings is 1. The zero-order valence-electron chi connectivity index (χ0n) is 9.52. The Kier molecular flexibility index (Phi) is 2.97. The van der Waals surface area contributed by atoms with Crippen molar-refractivity contribution in [2.75, 3.05) is 14.2 Å². The highest BCUT2D eigenvalue weighted by atomic mass is 16.5. The summed E-state index contributed by atoms with van der Waals surface area (Å²) in [4.78, 5) is 7.02. The first kappa shape index (κ1) is 11.0. The quantitative estimate of drug-likeness (QED) is 0.873. The average Bonchev–Trinajstić information content (AvgIpc) is 2.86. The van der Waals surface area contributed by atoms with Gasteiger partial charge in [-0.2, -0.15) is 5.26 Å². The van der Waals surface area contributed by atoms with Crippen LogP contribution in [0.4, 0.5) is 0 Å². The standard InChI is InChI=1S/C12H11N3O2/c1-16-10-3-8(4-11(5-10)17-2)12-14-7-9(6-13)15-12/h3-5,7H,1-2H3,(H,14,15). The van der Waals surface area contributed by atoms with Crippen LogP contribution in [0, 0.1) is 11.3 Å². The smallest absolute Gasteiger partial charge is 0.138 e. The number of aromatic amines is 1. The average molecular weight is 229 g/mol. The van der Waals surface area contributed by atoms with Crippen molar-refractivity contribution in [2.45, 2.75) is 0 Å². The van der Waals surface area contributed by atoms with Crippen molar-refractivity contribution in [3.63, 3.8) is 0 Å². The first-order valence-corrected chi connectivity index (χ1v) is 4.95. The van der Waals surface area contributed by atoms with Gasteiger partial charge in [0.15, 0.2) is 0 Å². The summed E-state index contributed by atoms with van der Waals surface area (Å²) < 4.78 is 10.3. The predicted octanol–water partition coefficient (Wildman–Crippen LogP) is 1.97. The van der Waals surface area contributed by atoms with E-state index in [1.165, 1.54) is 6.20 Å². The summed E-state index contributed by atoms with van der Waals surface area (Å²) in [6.45, 7) is 0. The number of nitrogens with zero attached hydrogens (tertiary/aromatic N) is 2. The van der Waals surface area contributed by atoms with Gasteiger partial charge in [0.25, 0.3) is 0 Å². The largest absolute Gasteiger partial charge is 0.497 e. The van der Waals surface area contributed by atoms with E-state index in [0.717, 1.165) is 5.56 Å². The van der Waals surface area contributed by atoms with Crippen LogP contribution in [0.25, 0.3) is 11.4 Å². The van der Waals surface area contributed by atoms with Gasteiger partial charge in [-0.25, -0.2) is 4.98 Å². The van der Waals surface area contributed by atoms with Crippen molar-refractivity contribution in [1.82, 2.24) is 9.97 Å². The van der Waals surface area contributed by atoms with Gasteiger partial charge in [-0.15, -0.1) is 0 Å². The fourth-order valence-corrected chi connectivity index (χ4v) is 1.47. The molecule has 0 radical (unpaired) electrons. The van der Waals surface area contributed by atoms with Crippen molar-refractivity contribution in [3.8, 4) is 29.0 Å². The van der Waals surface area contributed by atoms with Crippen molar-refractivity contribution in [1.29, 1.82) is 5.26 Å². The molecule has 0 bridgehead atoms. The molecule has 1 heterocycles. The van der Waals surface area contributed by atoms with Crippen LogP contribution >= 0.6 is 0 Å². The van der Waals surface area contributed by atoms with Crippen LogP contribution in [0.1, 0.15) is 5.69 Å². The molecule has 1 N–H and O–H groups in total. The summed E-state index contributed by atoms with van der Waals surface area (Å²) in [7, 11) is 3.17. The molecule has 0 atom stereocenters. The van der Waals surface area contributed by atoms with Crippen LogP contribution in [0.3, 0.4) is 0 Å². The molecule has 0 saturated heterocycles. The minimum Gasteiger partial charge on any atom is -0.497 e. The second-order valence-corrected chi connectivity index (χ2v) is 3.36. The van der Waals surface area contributed by atoms with E-state index >= 15 is 0 Å². The first-order valence-electron chi connectivity index (χ1n) is 4.95. The van der Waals surface area contributed by atoms with Crippen molar-refractivity contribution < 1.29 is 9.47 Å². The summed E-state index contributed by atoms with van der Waals surface area (Å²) in [5.41, 5.74) is 1.23. The Hall–Kier alpha value is -2.48. The van der Waals surface area contributed by atoms with Crippen molar-refractivity contribution in [2.24, 2.45) is 0 Å². The number of methoxy groups -OCH3 is 2. The Morgan fingerprint density at radius 3 is 2.29 bits per heavy atom. The van der Waals surface area contributed by atoms with Crippen LogP contribution in [-0.2, 0) is 0 Å². The lowest BCUT2D eigenvalue weighted by atomic mass is 10.2. The van der Waals surface area contributed by atoms with Crippen molar-refractivity contribution in [3.05, 3.63) is 30.1 Å². The van der Waals surface area contributed by atoms with Gasteiger partial charge in [0, 0.05) is 11.6 Å². The number of rotatable bonds is 3. The number of hydrogen-bond donors (Lipinski definition) is 1. The number of imidazole rings is 1. The number of hydrogen-bond acceptors (Lipinski definition) is 4. The van der Waals surface area contributed by atoms with Gasteiger partial charge in [-0.1, -0.05) is 0 Å². The van der Waals surface area contributed by atoms with E-state index in [-0.39, 0.29) is 0 Å². The van der Waals surface area contributed by atoms with E-state index < -0.39 is 0 Å². The molecule has 17 heavy (non-hydrogen) atoms. The molecule has 0 saturated carbocycles. The van der Waals surface area contributed by atoms with E-state index in [2.05, 4.69) is 9.97 Å². The summed E-state index contributed by atoms with van der Waals surface area (Å²) in [5, 5.41) is 8.73. The highest BCUT2D eigenvalue weighted by molar-refractivity contribution is 5.61. The van der Waals surface area contributed by atoms with Gasteiger partial charge in [0.1, 0.15) is 29.1 Å². The summed E-state index contributed by atoms with van der Waals surface area (Å²) in [5.74, 6) is 1.96. The fraction of sp³-hybridized carbons (Fsp3) is 0.167. The monoisotopic (exact) mass is 229 g/mol. The number of H-pyrrole nitrogens is 1. The van der Waals surface area contributed by atoms with Gasteiger partial charge >= 0.3 is 0 Å². The lowest BCUT2D eigenvalue weighted by Gasteiger charge is -2.06. The van der Waals surface area contributed by atoms with E-state index in [4.69, 9.17) is 14.7 Å². The lowest BCUT2D eigenvalue weighted by molar-refractivity contribution is 0.394. The molecule has 0 aliphatic heterocycles. The van der Waals surface area contributed by atoms with Crippen molar-refractivity contribution >= 4 is 0 Å². The highest BCUT2D eigenvalue weighted by Gasteiger charge is 2.07. The molecule has 5 heteroatoms. The maximum absolute atomic E-state index is 8.73. The van der Waals surface area contributed by atoms with E-state index in [1.807, 2.05) is 18.2 Å². The maximum Gasteiger partial charge on any atom is 0.138 e. The normalized spacial score (nSPS) is 9.71. The zero-order valence-corrected chi connectivity index (χ0v) is 9.52. The van der Waals surface area contributed by atoms with Crippen LogP contribution in [-0.4, -0.2) is 24.2 Å². The van der Waals surface area contributed by atoms with Gasteiger partial charge in [-0.05, 0) is 12.1 Å². The van der Waals surface area contributed by atoms with Crippen LogP contribution < -0.4 is 9.47 Å². The van der Waals surface area contributed by atoms with Crippen LogP contribution in [0.2, 0.25) is 0 Å². The first-order chi connectivity index (χ1) is 8.26. The number of nitriles is 1. The highest BCUT2D eigenvalue weighted by Crippen LogP contribution is 2.27. The maximum atomic E-state index is 8.73. The Morgan fingerprint density at radius 1 is 1.18 bits per heavy atom. The molecule has 2 rings (SSSR count). The second kappa shape index (κ2) is 4.58. The molecule has 5 nitrogen and oxygen atoms in total. The number of aromatic nitrogens is 2. The van der Waals surface area contributed by atoms with Gasteiger partial charge in [-0.3, -0.25) is 0 Å². The van der Waals surface area contributed by atoms with E-state index in [9.17, 15) is 0 Å². The third kappa shape index (κ3) is 2.21. The number of nitrogens with one attached hydrogen (secondary N) is 1. The molecular formula is C12H11N3O2. The van der Waals surface area contributed by atoms with Crippen LogP contribution in [0.5, 0.6) is 11.5 Å². The Bertz CT molecular complexity index is 547. The molecule has 1 aromatic carbocycles. The van der Waals surface area contributed by atoms with Gasteiger partial charge < -0.3 is 14.5 Å². The molecule has 86 valence electrons. The molecule has 1 aromatic heterocycles. The fourth-order valence-electron chi connectivity index (χ4n) is 1.47. The summed E-state index contributed by atoms with van der Waals surface area (Å²) in [6, 6.07) is 7.41. The Balaban J connectivity index is 2.47. The van der Waals surface area contributed by atoms with E-state index in [0.29, 0.717) is 23.0 Å². The number of ether oxygens (including phenoxy) is 2. The SMILES string of the molecule is COc1cc(OC)cc(-c2ncc(C#N)[nH]2)c1. The minimum absolute atomic E-state index is 0.418. The Labute approximate surface area is 98.6 Å².